The van der Waals surface area contributed by atoms with E-state index in [0.717, 1.165) is 34.9 Å². The molecule has 6 nitrogen and oxygen atoms in total. The second kappa shape index (κ2) is 9.03. The summed E-state index contributed by atoms with van der Waals surface area (Å²) >= 11 is 0. The highest BCUT2D eigenvalue weighted by Crippen LogP contribution is 2.33. The number of hydrogen-bond acceptors (Lipinski definition) is 3. The zero-order valence-corrected chi connectivity index (χ0v) is 17.2. The Hall–Kier alpha value is -3.28. The first-order valence-corrected chi connectivity index (χ1v) is 10.5. The van der Waals surface area contributed by atoms with Crippen LogP contribution < -0.4 is 10.1 Å². The molecule has 156 valence electrons. The minimum Gasteiger partial charge on any atom is -0.483 e. The third-order valence-electron chi connectivity index (χ3n) is 5.57. The molecule has 1 atom stereocenters. The second-order valence-electron chi connectivity index (χ2n) is 7.57. The van der Waals surface area contributed by atoms with Crippen molar-refractivity contribution in [2.45, 2.75) is 32.2 Å². The first kappa shape index (κ1) is 20.0. The number of H-pyrrole nitrogens is 1. The van der Waals surface area contributed by atoms with Crippen molar-refractivity contribution in [3.63, 3.8) is 0 Å². The summed E-state index contributed by atoms with van der Waals surface area (Å²) in [5, 5.41) is 4.14. The quantitative estimate of drug-likeness (QED) is 0.590. The summed E-state index contributed by atoms with van der Waals surface area (Å²) in [5.41, 5.74) is 2.93. The highest BCUT2D eigenvalue weighted by Gasteiger charge is 2.35. The maximum atomic E-state index is 13.2. The predicted octanol–water partition coefficient (Wildman–Crippen LogP) is 3.59. The normalized spacial score (nSPS) is 16.1. The fraction of sp³-hybridized carbons (Fsp3) is 0.333. The number of carbonyl (C=O) groups is 2. The predicted molar refractivity (Wildman–Crippen MR) is 116 cm³/mol. The van der Waals surface area contributed by atoms with Crippen LogP contribution in [0.25, 0.3) is 10.9 Å². The van der Waals surface area contributed by atoms with Gasteiger partial charge in [0, 0.05) is 35.8 Å². The molecule has 1 aliphatic heterocycles. The van der Waals surface area contributed by atoms with Gasteiger partial charge in [-0.2, -0.15) is 0 Å². The number of fused-ring (bicyclic) bond motifs is 2. The van der Waals surface area contributed by atoms with Gasteiger partial charge in [0.15, 0.2) is 6.61 Å². The van der Waals surface area contributed by atoms with E-state index in [1.165, 1.54) is 0 Å². The average molecular weight is 405 g/mol. The lowest BCUT2D eigenvalue weighted by molar-refractivity contribution is -0.141. The first-order chi connectivity index (χ1) is 14.7. The van der Waals surface area contributed by atoms with Gasteiger partial charge in [-0.15, -0.1) is 0 Å². The zero-order chi connectivity index (χ0) is 20.9. The number of aromatic nitrogens is 1. The van der Waals surface area contributed by atoms with Crippen LogP contribution in [0, 0.1) is 0 Å². The SMILES string of the molecule is CCCCNC(=O)C1c2ccccc2OCC(=O)N1CCc1c[nH]c2ccccc12. The molecular weight excluding hydrogens is 378 g/mol. The summed E-state index contributed by atoms with van der Waals surface area (Å²) in [4.78, 5) is 31.1. The van der Waals surface area contributed by atoms with E-state index in [1.807, 2.05) is 48.7 Å². The number of hydrogen-bond donors (Lipinski definition) is 2. The summed E-state index contributed by atoms with van der Waals surface area (Å²) in [7, 11) is 0. The van der Waals surface area contributed by atoms with E-state index in [4.69, 9.17) is 4.74 Å². The van der Waals surface area contributed by atoms with Gasteiger partial charge in [-0.05, 0) is 30.5 Å². The molecule has 30 heavy (non-hydrogen) atoms. The number of aromatic amines is 1. The average Bonchev–Trinajstić information content (AvgIpc) is 3.12. The summed E-state index contributed by atoms with van der Waals surface area (Å²) in [5.74, 6) is 0.256. The number of unbranched alkanes of at least 4 members (excludes halogenated alkanes) is 1. The van der Waals surface area contributed by atoms with Crippen molar-refractivity contribution in [2.75, 3.05) is 19.7 Å². The lowest BCUT2D eigenvalue weighted by atomic mass is 10.0. The third kappa shape index (κ3) is 4.03. The monoisotopic (exact) mass is 405 g/mol. The Kier molecular flexibility index (Phi) is 6.02. The van der Waals surface area contributed by atoms with Crippen molar-refractivity contribution in [3.05, 3.63) is 65.9 Å². The maximum Gasteiger partial charge on any atom is 0.261 e. The Morgan fingerprint density at radius 2 is 2.00 bits per heavy atom. The highest BCUT2D eigenvalue weighted by atomic mass is 16.5. The van der Waals surface area contributed by atoms with Crippen molar-refractivity contribution < 1.29 is 14.3 Å². The molecule has 0 saturated carbocycles. The highest BCUT2D eigenvalue weighted by molar-refractivity contribution is 5.91. The molecule has 0 bridgehead atoms. The molecule has 2 amide bonds. The van der Waals surface area contributed by atoms with Crippen LogP contribution in [0.15, 0.2) is 54.7 Å². The lowest BCUT2D eigenvalue weighted by Crippen LogP contribution is -2.45. The topological polar surface area (TPSA) is 74.4 Å². The van der Waals surface area contributed by atoms with E-state index in [0.29, 0.717) is 25.3 Å². The number of ether oxygens (including phenoxy) is 1. The van der Waals surface area contributed by atoms with Crippen LogP contribution in [0.2, 0.25) is 0 Å². The van der Waals surface area contributed by atoms with E-state index in [2.05, 4.69) is 23.3 Å². The van der Waals surface area contributed by atoms with Gasteiger partial charge < -0.3 is 19.9 Å². The van der Waals surface area contributed by atoms with E-state index in [9.17, 15) is 9.59 Å². The largest absolute Gasteiger partial charge is 0.483 e. The lowest BCUT2D eigenvalue weighted by Gasteiger charge is -2.29. The van der Waals surface area contributed by atoms with Gasteiger partial charge in [0.05, 0.1) is 0 Å². The van der Waals surface area contributed by atoms with Crippen LogP contribution in [0.1, 0.15) is 36.9 Å². The van der Waals surface area contributed by atoms with Crippen molar-refractivity contribution >= 4 is 22.7 Å². The summed E-state index contributed by atoms with van der Waals surface area (Å²) in [6, 6.07) is 14.8. The van der Waals surface area contributed by atoms with Gasteiger partial charge in [-0.3, -0.25) is 9.59 Å². The van der Waals surface area contributed by atoms with Crippen molar-refractivity contribution in [3.8, 4) is 5.75 Å². The molecule has 2 aromatic carbocycles. The number of benzene rings is 2. The van der Waals surface area contributed by atoms with E-state index < -0.39 is 6.04 Å². The Labute approximate surface area is 176 Å². The molecule has 1 aromatic heterocycles. The summed E-state index contributed by atoms with van der Waals surface area (Å²) < 4.78 is 5.73. The molecule has 6 heteroatoms. The summed E-state index contributed by atoms with van der Waals surface area (Å²) in [6.07, 6.45) is 4.53. The van der Waals surface area contributed by atoms with Gasteiger partial charge in [0.25, 0.3) is 5.91 Å². The minimum atomic E-state index is -0.696. The van der Waals surface area contributed by atoms with Crippen LogP contribution in [0.5, 0.6) is 5.75 Å². The third-order valence-corrected chi connectivity index (χ3v) is 5.57. The van der Waals surface area contributed by atoms with Crippen LogP contribution in [-0.4, -0.2) is 41.4 Å². The maximum absolute atomic E-state index is 13.2. The molecule has 1 unspecified atom stereocenters. The number of rotatable bonds is 7. The van der Waals surface area contributed by atoms with E-state index in [1.54, 1.807) is 4.90 Å². The van der Waals surface area contributed by atoms with Crippen molar-refractivity contribution in [1.29, 1.82) is 0 Å². The Bertz CT molecular complexity index is 1040. The van der Waals surface area contributed by atoms with E-state index in [-0.39, 0.29) is 18.4 Å². The molecular formula is C24H27N3O3. The smallest absolute Gasteiger partial charge is 0.261 e. The number of nitrogens with zero attached hydrogens (tertiary/aromatic N) is 1. The van der Waals surface area contributed by atoms with Crippen molar-refractivity contribution in [2.24, 2.45) is 0 Å². The first-order valence-electron chi connectivity index (χ1n) is 10.5. The number of nitrogens with one attached hydrogen (secondary N) is 2. The molecule has 0 saturated heterocycles. The van der Waals surface area contributed by atoms with E-state index >= 15 is 0 Å². The van der Waals surface area contributed by atoms with Crippen LogP contribution in [0.4, 0.5) is 0 Å². The Balaban J connectivity index is 1.62. The van der Waals surface area contributed by atoms with Gasteiger partial charge >= 0.3 is 0 Å². The summed E-state index contributed by atoms with van der Waals surface area (Å²) in [6.45, 7) is 3.05. The fourth-order valence-corrected chi connectivity index (χ4v) is 3.97. The molecule has 4 rings (SSSR count). The molecule has 0 spiro atoms. The van der Waals surface area contributed by atoms with Gasteiger partial charge in [0.2, 0.25) is 5.91 Å². The van der Waals surface area contributed by atoms with Gasteiger partial charge in [-0.1, -0.05) is 49.7 Å². The van der Waals surface area contributed by atoms with Gasteiger partial charge in [0.1, 0.15) is 11.8 Å². The zero-order valence-electron chi connectivity index (χ0n) is 17.2. The van der Waals surface area contributed by atoms with Crippen LogP contribution in [-0.2, 0) is 16.0 Å². The molecule has 0 aliphatic carbocycles. The van der Waals surface area contributed by atoms with Gasteiger partial charge in [-0.25, -0.2) is 0 Å². The van der Waals surface area contributed by atoms with Crippen LogP contribution >= 0.6 is 0 Å². The second-order valence-corrected chi connectivity index (χ2v) is 7.57. The number of amides is 2. The molecule has 3 aromatic rings. The number of para-hydroxylation sites is 2. The molecule has 2 N–H and O–H groups in total. The standard InChI is InChI=1S/C24H27N3O3/c1-2-3-13-25-24(29)23-19-9-5-7-11-21(19)30-16-22(28)27(23)14-12-17-15-26-20-10-6-4-8-18(17)20/h4-11,15,23,26H,2-3,12-14,16H2,1H3,(H,25,29). The molecule has 2 heterocycles. The number of carbonyl (C=O) groups excluding carboxylic acids is 2. The fourth-order valence-electron chi connectivity index (χ4n) is 3.97. The molecule has 1 aliphatic rings. The molecule has 0 fully saturated rings. The van der Waals surface area contributed by atoms with Crippen LogP contribution in [0.3, 0.4) is 0 Å². The van der Waals surface area contributed by atoms with Crippen molar-refractivity contribution in [1.82, 2.24) is 15.2 Å². The molecule has 0 radical (unpaired) electrons. The Morgan fingerprint density at radius 1 is 1.20 bits per heavy atom. The Morgan fingerprint density at radius 3 is 2.87 bits per heavy atom. The minimum absolute atomic E-state index is 0.0658.